The Kier molecular flexibility index (Phi) is 3.83. The van der Waals surface area contributed by atoms with Crippen molar-refractivity contribution in [1.29, 1.82) is 0 Å². The molecule has 2 unspecified atom stereocenters. The van der Waals surface area contributed by atoms with E-state index in [1.165, 1.54) is 55.6 Å². The summed E-state index contributed by atoms with van der Waals surface area (Å²) in [4.78, 5) is 2.46. The van der Waals surface area contributed by atoms with Crippen LogP contribution in [0.15, 0.2) is 53.6 Å². The van der Waals surface area contributed by atoms with Gasteiger partial charge in [0.15, 0.2) is 0 Å². The highest BCUT2D eigenvalue weighted by Crippen LogP contribution is 2.36. The predicted molar refractivity (Wildman–Crippen MR) is 123 cm³/mol. The summed E-state index contributed by atoms with van der Waals surface area (Å²) in [5.41, 5.74) is 9.39. The maximum atomic E-state index is 2.50. The van der Waals surface area contributed by atoms with Crippen molar-refractivity contribution in [3.8, 4) is 0 Å². The minimum Gasteiger partial charge on any atom is -0.257 e. The first kappa shape index (κ1) is 18.2. The van der Waals surface area contributed by atoms with E-state index >= 15 is 0 Å². The zero-order chi connectivity index (χ0) is 20.6. The molecule has 3 aromatic rings. The van der Waals surface area contributed by atoms with Gasteiger partial charge in [-0.05, 0) is 81.2 Å². The van der Waals surface area contributed by atoms with Crippen LogP contribution < -0.4 is 0 Å². The SMILES string of the molecule is CC1=CC2C(C=C1C)[N+](C)=C(n1c3ccc(C)cc3c3ccc(C)c(C)c31)N2C. The number of hydrogen-bond acceptors (Lipinski definition) is 1. The van der Waals surface area contributed by atoms with E-state index in [0.29, 0.717) is 12.1 Å². The molecular weight excluding hydrogens is 354 g/mol. The summed E-state index contributed by atoms with van der Waals surface area (Å²) in [7, 11) is 4.48. The van der Waals surface area contributed by atoms with Gasteiger partial charge in [0.1, 0.15) is 23.1 Å². The molecule has 0 spiro atoms. The number of aryl methyl sites for hydroxylation is 3. The van der Waals surface area contributed by atoms with Gasteiger partial charge in [-0.2, -0.15) is 4.57 Å². The van der Waals surface area contributed by atoms with Gasteiger partial charge in [0.25, 0.3) is 0 Å². The minimum atomic E-state index is 0.363. The lowest BCUT2D eigenvalue weighted by Crippen LogP contribution is -2.38. The van der Waals surface area contributed by atoms with Crippen LogP contribution in [-0.2, 0) is 0 Å². The van der Waals surface area contributed by atoms with Crippen molar-refractivity contribution in [2.75, 3.05) is 14.1 Å². The van der Waals surface area contributed by atoms with Crippen LogP contribution in [0.5, 0.6) is 0 Å². The molecule has 2 aliphatic rings. The summed E-state index contributed by atoms with van der Waals surface area (Å²) < 4.78 is 4.95. The Balaban J connectivity index is 1.89. The van der Waals surface area contributed by atoms with E-state index in [1.807, 2.05) is 0 Å². The third kappa shape index (κ3) is 2.40. The van der Waals surface area contributed by atoms with Gasteiger partial charge in [0.2, 0.25) is 0 Å². The second kappa shape index (κ2) is 6.09. The molecule has 0 saturated heterocycles. The maximum absolute atomic E-state index is 2.50. The van der Waals surface area contributed by atoms with Crippen molar-refractivity contribution in [3.63, 3.8) is 0 Å². The van der Waals surface area contributed by atoms with Crippen LogP contribution in [0.2, 0.25) is 0 Å². The number of aromatic nitrogens is 1. The largest absolute Gasteiger partial charge is 0.361 e. The van der Waals surface area contributed by atoms with Crippen molar-refractivity contribution < 1.29 is 4.58 Å². The van der Waals surface area contributed by atoms with E-state index in [-0.39, 0.29) is 0 Å². The van der Waals surface area contributed by atoms with Gasteiger partial charge in [-0.3, -0.25) is 9.48 Å². The number of benzene rings is 2. The molecule has 0 saturated carbocycles. The molecule has 0 bridgehead atoms. The van der Waals surface area contributed by atoms with Crippen LogP contribution in [-0.4, -0.2) is 46.2 Å². The Bertz CT molecular complexity index is 1280. The van der Waals surface area contributed by atoms with Gasteiger partial charge in [0.05, 0.1) is 14.1 Å². The Labute approximate surface area is 173 Å². The van der Waals surface area contributed by atoms with E-state index in [4.69, 9.17) is 0 Å². The van der Waals surface area contributed by atoms with Crippen LogP contribution in [0.4, 0.5) is 0 Å². The van der Waals surface area contributed by atoms with Gasteiger partial charge in [-0.25, -0.2) is 0 Å². The maximum Gasteiger partial charge on any atom is 0.361 e. The summed E-state index contributed by atoms with van der Waals surface area (Å²) in [5.74, 6) is 1.26. The molecule has 3 heteroatoms. The van der Waals surface area contributed by atoms with Crippen LogP contribution in [0, 0.1) is 20.8 Å². The van der Waals surface area contributed by atoms with Crippen molar-refractivity contribution in [3.05, 3.63) is 70.3 Å². The van der Waals surface area contributed by atoms with Crippen LogP contribution in [0.25, 0.3) is 21.8 Å². The first-order chi connectivity index (χ1) is 13.8. The zero-order valence-corrected chi connectivity index (χ0v) is 18.5. The standard InChI is InChI=1S/C26H30N3/c1-15-8-11-22-21(12-15)20-10-9-16(2)19(5)25(20)29(22)26-27(6)23-13-17(3)18(4)14-24(23)28(26)7/h8-14,23-24H,1-7H3/q+1. The van der Waals surface area contributed by atoms with E-state index in [2.05, 4.69) is 105 Å². The van der Waals surface area contributed by atoms with Gasteiger partial charge in [-0.1, -0.05) is 23.8 Å². The lowest BCUT2D eigenvalue weighted by molar-refractivity contribution is -0.519. The molecule has 0 amide bonds. The molecule has 1 aromatic heterocycles. The molecule has 2 aromatic carbocycles. The number of likely N-dealkylation sites (N-methyl/N-ethyl adjacent to an activating group) is 2. The number of fused-ring (bicyclic) bond motifs is 4. The molecule has 3 nitrogen and oxygen atoms in total. The summed E-state index contributed by atoms with van der Waals surface area (Å²) in [6.45, 7) is 11.1. The molecule has 29 heavy (non-hydrogen) atoms. The topological polar surface area (TPSA) is 11.2 Å². The second-order valence-electron chi connectivity index (χ2n) is 8.96. The summed E-state index contributed by atoms with van der Waals surface area (Å²) in [6.07, 6.45) is 4.86. The average Bonchev–Trinajstić information content (AvgIpc) is 3.11. The summed E-state index contributed by atoms with van der Waals surface area (Å²) >= 11 is 0. The Morgan fingerprint density at radius 2 is 1.59 bits per heavy atom. The van der Waals surface area contributed by atoms with Gasteiger partial charge < -0.3 is 0 Å². The smallest absolute Gasteiger partial charge is 0.257 e. The third-order valence-corrected chi connectivity index (χ3v) is 7.15. The Morgan fingerprint density at radius 3 is 2.34 bits per heavy atom. The summed E-state index contributed by atoms with van der Waals surface area (Å²) in [5, 5.41) is 2.68. The van der Waals surface area contributed by atoms with Crippen LogP contribution in [0.1, 0.15) is 30.5 Å². The lowest BCUT2D eigenvalue weighted by atomic mass is 9.93. The van der Waals surface area contributed by atoms with Gasteiger partial charge in [-0.15, -0.1) is 0 Å². The van der Waals surface area contributed by atoms with Crippen molar-refractivity contribution >= 4 is 27.8 Å². The quantitative estimate of drug-likeness (QED) is 0.488. The van der Waals surface area contributed by atoms with Crippen molar-refractivity contribution in [1.82, 2.24) is 9.47 Å². The number of nitrogens with zero attached hydrogens (tertiary/aromatic N) is 3. The van der Waals surface area contributed by atoms with Crippen molar-refractivity contribution in [2.45, 2.75) is 46.7 Å². The fourth-order valence-electron chi connectivity index (χ4n) is 5.18. The Morgan fingerprint density at radius 1 is 0.862 bits per heavy atom. The molecule has 0 N–H and O–H groups in total. The highest BCUT2D eigenvalue weighted by Gasteiger charge is 2.44. The number of allylic oxidation sites excluding steroid dienone is 2. The second-order valence-corrected chi connectivity index (χ2v) is 8.96. The van der Waals surface area contributed by atoms with E-state index in [0.717, 1.165) is 0 Å². The third-order valence-electron chi connectivity index (χ3n) is 7.15. The molecule has 2 heterocycles. The lowest BCUT2D eigenvalue weighted by Gasteiger charge is -2.23. The highest BCUT2D eigenvalue weighted by molar-refractivity contribution is 6.14. The zero-order valence-electron chi connectivity index (χ0n) is 18.5. The molecule has 5 rings (SSSR count). The molecule has 1 aliphatic carbocycles. The Hall–Kier alpha value is -2.81. The molecule has 148 valence electrons. The first-order valence-corrected chi connectivity index (χ1v) is 10.5. The van der Waals surface area contributed by atoms with E-state index < -0.39 is 0 Å². The first-order valence-electron chi connectivity index (χ1n) is 10.5. The fourth-order valence-corrected chi connectivity index (χ4v) is 5.18. The highest BCUT2D eigenvalue weighted by atomic mass is 15.4. The van der Waals surface area contributed by atoms with Crippen LogP contribution in [0.3, 0.4) is 0 Å². The number of rotatable bonds is 0. The molecule has 1 aliphatic heterocycles. The van der Waals surface area contributed by atoms with E-state index in [9.17, 15) is 0 Å². The normalized spacial score (nSPS) is 21.8. The monoisotopic (exact) mass is 384 g/mol. The van der Waals surface area contributed by atoms with Crippen molar-refractivity contribution in [2.24, 2.45) is 0 Å². The molecule has 0 radical (unpaired) electrons. The molecular formula is C26H30N3+. The fraction of sp³-hybridized carbons (Fsp3) is 0.346. The minimum absolute atomic E-state index is 0.363. The van der Waals surface area contributed by atoms with Gasteiger partial charge >= 0.3 is 5.96 Å². The molecule has 0 fully saturated rings. The predicted octanol–water partition coefficient (Wildman–Crippen LogP) is 5.15. The number of hydrogen-bond donors (Lipinski definition) is 0. The van der Waals surface area contributed by atoms with Gasteiger partial charge in [0, 0.05) is 10.8 Å². The van der Waals surface area contributed by atoms with E-state index in [1.54, 1.807) is 0 Å². The van der Waals surface area contributed by atoms with Crippen LogP contribution >= 0.6 is 0 Å². The molecule has 2 atom stereocenters. The average molecular weight is 385 g/mol. The summed E-state index contributed by atoms with van der Waals surface area (Å²) in [6, 6.07) is 12.1.